The summed E-state index contributed by atoms with van der Waals surface area (Å²) in [5, 5.41) is 9.13. The van der Waals surface area contributed by atoms with Gasteiger partial charge in [0.15, 0.2) is 5.78 Å². The number of carbonyl (C=O) groups is 2. The van der Waals surface area contributed by atoms with Gasteiger partial charge in [-0.15, -0.1) is 0 Å². The molecule has 0 radical (unpaired) electrons. The normalized spacial score (nSPS) is 11.5. The number of Topliss-reactive ketones (excluding diaryl/α,β-unsaturated/α-hetero) is 1. The first-order valence-electron chi connectivity index (χ1n) is 9.73. The predicted molar refractivity (Wildman–Crippen MR) is 114 cm³/mol. The van der Waals surface area contributed by atoms with Crippen molar-refractivity contribution < 1.29 is 24.2 Å². The van der Waals surface area contributed by atoms with Crippen molar-refractivity contribution in [3.8, 4) is 11.5 Å². The third-order valence-electron chi connectivity index (χ3n) is 4.83. The number of ketones is 1. The summed E-state index contributed by atoms with van der Waals surface area (Å²) >= 11 is 0. The van der Waals surface area contributed by atoms with Gasteiger partial charge in [0.2, 0.25) is 0 Å². The molecule has 3 aromatic carbocycles. The molecule has 3 rings (SSSR count). The summed E-state index contributed by atoms with van der Waals surface area (Å²) in [6.45, 7) is 0.400. The number of carboxylic acid groups (broad SMARTS) is 1. The Morgan fingerprint density at radius 1 is 0.900 bits per heavy atom. The van der Waals surface area contributed by atoms with E-state index in [1.807, 2.05) is 36.4 Å². The number of hydrogen-bond donors (Lipinski definition) is 1. The van der Waals surface area contributed by atoms with Crippen LogP contribution in [0.25, 0.3) is 0 Å². The summed E-state index contributed by atoms with van der Waals surface area (Å²) in [7, 11) is 1.56. The molecule has 0 spiro atoms. The average Bonchev–Trinajstić information content (AvgIpc) is 2.78. The molecule has 0 aliphatic rings. The van der Waals surface area contributed by atoms with Crippen molar-refractivity contribution in [3.63, 3.8) is 0 Å². The van der Waals surface area contributed by atoms with E-state index >= 15 is 0 Å². The Morgan fingerprint density at radius 2 is 1.63 bits per heavy atom. The lowest BCUT2D eigenvalue weighted by molar-refractivity contribution is -0.137. The van der Waals surface area contributed by atoms with Crippen molar-refractivity contribution in [2.75, 3.05) is 7.11 Å². The fraction of sp³-hybridized carbons (Fsp3) is 0.200. The van der Waals surface area contributed by atoms with Gasteiger partial charge in [0.05, 0.1) is 7.11 Å². The van der Waals surface area contributed by atoms with Crippen LogP contribution < -0.4 is 9.47 Å². The van der Waals surface area contributed by atoms with Gasteiger partial charge in [0.1, 0.15) is 18.1 Å². The number of rotatable bonds is 10. The minimum atomic E-state index is -0.935. The Kier molecular flexibility index (Phi) is 7.22. The number of hydrogen-bond acceptors (Lipinski definition) is 4. The van der Waals surface area contributed by atoms with E-state index in [-0.39, 0.29) is 18.6 Å². The Bertz CT molecular complexity index is 997. The third-order valence-corrected chi connectivity index (χ3v) is 4.83. The number of carboxylic acids is 1. The second kappa shape index (κ2) is 10.3. The highest BCUT2D eigenvalue weighted by Gasteiger charge is 2.24. The van der Waals surface area contributed by atoms with Crippen molar-refractivity contribution in [1.29, 1.82) is 0 Å². The van der Waals surface area contributed by atoms with Gasteiger partial charge in [-0.05, 0) is 41.8 Å². The van der Waals surface area contributed by atoms with Crippen molar-refractivity contribution in [2.24, 2.45) is 0 Å². The molecule has 0 aromatic heterocycles. The number of methoxy groups -OCH3 is 1. The fourth-order valence-corrected chi connectivity index (χ4v) is 3.26. The summed E-state index contributed by atoms with van der Waals surface area (Å²) < 4.78 is 11.1. The zero-order valence-electron chi connectivity index (χ0n) is 16.8. The Balaban J connectivity index is 1.81. The summed E-state index contributed by atoms with van der Waals surface area (Å²) in [6, 6.07) is 24.0. The molecule has 0 fully saturated rings. The first-order valence-corrected chi connectivity index (χ1v) is 9.73. The van der Waals surface area contributed by atoms with E-state index in [4.69, 9.17) is 14.6 Å². The lowest BCUT2D eigenvalue weighted by atomic mass is 9.87. The third kappa shape index (κ3) is 5.70. The summed E-state index contributed by atoms with van der Waals surface area (Å²) in [6.07, 6.45) is 0.105. The lowest BCUT2D eigenvalue weighted by Gasteiger charge is -2.17. The van der Waals surface area contributed by atoms with Gasteiger partial charge in [0, 0.05) is 17.9 Å². The van der Waals surface area contributed by atoms with Crippen molar-refractivity contribution in [3.05, 3.63) is 95.6 Å². The molecule has 1 atom stereocenters. The van der Waals surface area contributed by atoms with Crippen molar-refractivity contribution >= 4 is 11.8 Å². The van der Waals surface area contributed by atoms with E-state index in [9.17, 15) is 9.59 Å². The van der Waals surface area contributed by atoms with Crippen LogP contribution in [0.3, 0.4) is 0 Å². The molecule has 1 N–H and O–H groups in total. The second-order valence-corrected chi connectivity index (χ2v) is 6.93. The van der Waals surface area contributed by atoms with Crippen LogP contribution in [0.5, 0.6) is 11.5 Å². The van der Waals surface area contributed by atoms with E-state index in [2.05, 4.69) is 0 Å². The maximum absolute atomic E-state index is 13.3. The Labute approximate surface area is 175 Å². The SMILES string of the molecule is COc1cccc(C(CCC(=O)O)C(=O)c2cccc(OCc3ccccc3)c2)c1. The van der Waals surface area contributed by atoms with Crippen LogP contribution in [0.15, 0.2) is 78.9 Å². The molecule has 0 aliphatic carbocycles. The highest BCUT2D eigenvalue weighted by molar-refractivity contribution is 6.01. The van der Waals surface area contributed by atoms with E-state index in [1.54, 1.807) is 49.6 Å². The largest absolute Gasteiger partial charge is 0.497 e. The van der Waals surface area contributed by atoms with Gasteiger partial charge in [-0.25, -0.2) is 0 Å². The van der Waals surface area contributed by atoms with Gasteiger partial charge in [0.25, 0.3) is 0 Å². The van der Waals surface area contributed by atoms with Gasteiger partial charge in [-0.3, -0.25) is 9.59 Å². The van der Waals surface area contributed by atoms with Crippen LogP contribution in [0.4, 0.5) is 0 Å². The summed E-state index contributed by atoms with van der Waals surface area (Å²) in [5.74, 6) is -0.446. The molecule has 5 nitrogen and oxygen atoms in total. The molecule has 30 heavy (non-hydrogen) atoms. The molecule has 0 aliphatic heterocycles. The molecule has 3 aromatic rings. The van der Waals surface area contributed by atoms with Crippen LogP contribution in [-0.2, 0) is 11.4 Å². The molecule has 1 unspecified atom stereocenters. The maximum Gasteiger partial charge on any atom is 0.303 e. The van der Waals surface area contributed by atoms with E-state index < -0.39 is 11.9 Å². The quantitative estimate of drug-likeness (QED) is 0.476. The van der Waals surface area contributed by atoms with Gasteiger partial charge < -0.3 is 14.6 Å². The van der Waals surface area contributed by atoms with Gasteiger partial charge in [-0.2, -0.15) is 0 Å². The molecule has 0 amide bonds. The van der Waals surface area contributed by atoms with E-state index in [1.165, 1.54) is 0 Å². The van der Waals surface area contributed by atoms with Crippen LogP contribution in [0.1, 0.15) is 40.2 Å². The monoisotopic (exact) mass is 404 g/mol. The zero-order chi connectivity index (χ0) is 21.3. The Morgan fingerprint density at radius 3 is 2.37 bits per heavy atom. The van der Waals surface area contributed by atoms with Gasteiger partial charge >= 0.3 is 5.97 Å². The maximum atomic E-state index is 13.3. The number of carbonyl (C=O) groups excluding carboxylic acids is 1. The zero-order valence-corrected chi connectivity index (χ0v) is 16.8. The highest BCUT2D eigenvalue weighted by Crippen LogP contribution is 2.29. The highest BCUT2D eigenvalue weighted by atomic mass is 16.5. The number of aliphatic carboxylic acids is 1. The van der Waals surface area contributed by atoms with E-state index in [0.29, 0.717) is 23.7 Å². The van der Waals surface area contributed by atoms with Crippen LogP contribution >= 0.6 is 0 Å². The molecule has 0 bridgehead atoms. The van der Waals surface area contributed by atoms with Crippen LogP contribution in [-0.4, -0.2) is 24.0 Å². The molecule has 0 saturated carbocycles. The number of ether oxygens (including phenoxy) is 2. The van der Waals surface area contributed by atoms with Crippen molar-refractivity contribution in [1.82, 2.24) is 0 Å². The predicted octanol–water partition coefficient (Wildman–Crippen LogP) is 5.11. The fourth-order valence-electron chi connectivity index (χ4n) is 3.26. The van der Waals surface area contributed by atoms with Crippen molar-refractivity contribution in [2.45, 2.75) is 25.4 Å². The van der Waals surface area contributed by atoms with Crippen LogP contribution in [0, 0.1) is 0 Å². The minimum absolute atomic E-state index is 0.0994. The Hall–Kier alpha value is -3.60. The summed E-state index contributed by atoms with van der Waals surface area (Å²) in [4.78, 5) is 24.4. The number of benzene rings is 3. The first-order chi connectivity index (χ1) is 14.6. The summed E-state index contributed by atoms with van der Waals surface area (Å²) in [5.41, 5.74) is 2.25. The second-order valence-electron chi connectivity index (χ2n) is 6.93. The molecular weight excluding hydrogens is 380 g/mol. The first kappa shape index (κ1) is 21.1. The molecule has 0 heterocycles. The van der Waals surface area contributed by atoms with Crippen LogP contribution in [0.2, 0.25) is 0 Å². The molecular formula is C25H24O5. The standard InChI is InChI=1S/C25H24O5/c1-29-21-11-5-9-19(15-21)23(13-14-24(26)27)25(28)20-10-6-12-22(16-20)30-17-18-7-3-2-4-8-18/h2-12,15-16,23H,13-14,17H2,1H3,(H,26,27). The molecule has 5 heteroatoms. The lowest BCUT2D eigenvalue weighted by Crippen LogP contribution is -2.15. The average molecular weight is 404 g/mol. The van der Waals surface area contributed by atoms with E-state index in [0.717, 1.165) is 11.1 Å². The molecule has 0 saturated heterocycles. The molecule has 154 valence electrons. The van der Waals surface area contributed by atoms with Gasteiger partial charge in [-0.1, -0.05) is 54.6 Å². The topological polar surface area (TPSA) is 72.8 Å². The minimum Gasteiger partial charge on any atom is -0.497 e. The smallest absolute Gasteiger partial charge is 0.303 e.